The predicted molar refractivity (Wildman–Crippen MR) is 161 cm³/mol. The summed E-state index contributed by atoms with van der Waals surface area (Å²) in [5, 5.41) is 0.676. The van der Waals surface area contributed by atoms with Gasteiger partial charge in [-0.25, -0.2) is 0 Å². The van der Waals surface area contributed by atoms with E-state index in [-0.39, 0.29) is 0 Å². The number of benzene rings is 2. The summed E-state index contributed by atoms with van der Waals surface area (Å²) in [7, 11) is 3.92. The molecule has 0 bridgehead atoms. The van der Waals surface area contributed by atoms with Crippen molar-refractivity contribution in [2.24, 2.45) is 0 Å². The first-order chi connectivity index (χ1) is 17.6. The van der Waals surface area contributed by atoms with Crippen LogP contribution in [0.3, 0.4) is 0 Å². The van der Waals surface area contributed by atoms with E-state index in [2.05, 4.69) is 6.92 Å². The van der Waals surface area contributed by atoms with E-state index in [9.17, 15) is 0 Å². The molecule has 0 amide bonds. The summed E-state index contributed by atoms with van der Waals surface area (Å²) in [5.41, 5.74) is 1.97. The van der Waals surface area contributed by atoms with Gasteiger partial charge in [-0.05, 0) is 0 Å². The van der Waals surface area contributed by atoms with E-state index in [4.69, 9.17) is 0 Å². The average Bonchev–Trinajstić information content (AvgIpc) is 2.92. The van der Waals surface area contributed by atoms with Crippen LogP contribution in [0, 0.1) is 0 Å². The van der Waals surface area contributed by atoms with E-state index in [1.165, 1.54) is 89.9 Å². The van der Waals surface area contributed by atoms with Gasteiger partial charge in [-0.3, -0.25) is 0 Å². The maximum absolute atomic E-state index is 16.9. The van der Waals surface area contributed by atoms with Gasteiger partial charge in [0.15, 0.2) is 0 Å². The first kappa shape index (κ1) is 30.7. The average molecular weight is 557 g/mol. The normalized spacial score (nSPS) is 11.6. The molecule has 0 spiro atoms. The Kier molecular flexibility index (Phi) is 16.0. The molecule has 2 aromatic rings. The summed E-state index contributed by atoms with van der Waals surface area (Å²) in [6, 6.07) is 20.2. The van der Waals surface area contributed by atoms with E-state index in [0.29, 0.717) is 5.25 Å². The van der Waals surface area contributed by atoms with Crippen molar-refractivity contribution in [3.8, 4) is 0 Å². The van der Waals surface area contributed by atoms with Gasteiger partial charge in [0.25, 0.3) is 0 Å². The van der Waals surface area contributed by atoms with Crippen LogP contribution in [-0.4, -0.2) is 28.3 Å². The summed E-state index contributed by atoms with van der Waals surface area (Å²) in [6.07, 6.45) is 21.5. The molecule has 0 aromatic heterocycles. The summed E-state index contributed by atoms with van der Waals surface area (Å²) in [4.78, 5) is 0. The summed E-state index contributed by atoms with van der Waals surface area (Å²) >= 11 is -4.01. The number of hydrogen-bond acceptors (Lipinski definition) is 2. The van der Waals surface area contributed by atoms with Crippen LogP contribution in [-0.2, 0) is 0 Å². The van der Waals surface area contributed by atoms with Crippen LogP contribution in [0.1, 0.15) is 110 Å². The summed E-state index contributed by atoms with van der Waals surface area (Å²) in [6.45, 7) is 2.29. The number of rotatable bonds is 21. The molecule has 0 saturated heterocycles. The third kappa shape index (κ3) is 11.3. The Morgan fingerprint density at radius 3 is 1.14 bits per heavy atom. The van der Waals surface area contributed by atoms with Crippen molar-refractivity contribution in [2.75, 3.05) is 21.8 Å². The van der Waals surface area contributed by atoms with Crippen LogP contribution in [0.5, 0.6) is 0 Å². The van der Waals surface area contributed by atoms with Gasteiger partial charge in [0.05, 0.1) is 0 Å². The third-order valence-electron chi connectivity index (χ3n) is 7.66. The Balaban J connectivity index is 1.64. The van der Waals surface area contributed by atoms with Gasteiger partial charge in [0.1, 0.15) is 0 Å². The molecular weight excluding hydrogens is 504 g/mol. The quantitative estimate of drug-likeness (QED) is 0.111. The second-order valence-electron chi connectivity index (χ2n) is 10.6. The zero-order valence-electron chi connectivity index (χ0n) is 23.6. The molecule has 0 radical (unpaired) electrons. The molecule has 2 rings (SSSR count). The van der Waals surface area contributed by atoms with Crippen molar-refractivity contribution in [3.63, 3.8) is 0 Å². The van der Waals surface area contributed by atoms with E-state index >= 15 is 3.50 Å². The first-order valence-corrected chi connectivity index (χ1v) is 19.0. The second kappa shape index (κ2) is 18.7. The van der Waals surface area contributed by atoms with E-state index in [1.807, 2.05) is 82.5 Å². The van der Waals surface area contributed by atoms with Crippen molar-refractivity contribution in [1.29, 1.82) is 0 Å². The summed E-state index contributed by atoms with van der Waals surface area (Å²) in [5.74, 6) is 0. The minimum atomic E-state index is -4.01. The Morgan fingerprint density at radius 1 is 0.500 bits per heavy atom. The van der Waals surface area contributed by atoms with E-state index < -0.39 is 14.2 Å². The van der Waals surface area contributed by atoms with Crippen LogP contribution in [0.15, 0.2) is 60.7 Å². The molecule has 202 valence electrons. The molecule has 0 saturated carbocycles. The molecule has 0 N–H and O–H groups in total. The number of unbranched alkanes of at least 4 members (excludes halogenated alkanes) is 15. The zero-order valence-corrected chi connectivity index (χ0v) is 25.7. The fraction of sp³-hybridized carbons (Fsp3) is 0.625. The Morgan fingerprint density at radius 2 is 0.806 bits per heavy atom. The topological polar surface area (TPSA) is 6.48 Å². The van der Waals surface area contributed by atoms with Crippen LogP contribution < -0.4 is 7.71 Å². The van der Waals surface area contributed by atoms with Gasteiger partial charge >= 0.3 is 187 Å². The molecule has 0 atom stereocenters. The molecule has 0 aliphatic rings. The molecule has 0 fully saturated rings. The Labute approximate surface area is 226 Å². The summed E-state index contributed by atoms with van der Waals surface area (Å²) < 4.78 is 20.8. The molecule has 2 aromatic carbocycles. The molecular formula is C32H53FGeN2. The van der Waals surface area contributed by atoms with Crippen LogP contribution >= 0.6 is 0 Å². The van der Waals surface area contributed by atoms with Crippen molar-refractivity contribution >= 4 is 25.5 Å². The van der Waals surface area contributed by atoms with Crippen molar-refractivity contribution in [1.82, 2.24) is 0 Å². The number of para-hydroxylation sites is 2. The number of nitrogens with zero attached hydrogens (tertiary/aromatic N) is 2. The molecule has 2 nitrogen and oxygen atoms in total. The zero-order chi connectivity index (χ0) is 25.9. The standard InChI is InChI=1S/C32H53FGeN2/c1-4-5-6-7-8-9-10-11-12-13-14-15-16-17-18-25-30-34(33,35(2)31-26-21-19-22-27-31)36(3)32-28-23-20-24-29-32/h19-24,26-29H,4-18,25,30H2,1-3H3. The van der Waals surface area contributed by atoms with Crippen LogP contribution in [0.25, 0.3) is 0 Å². The fourth-order valence-corrected chi connectivity index (χ4v) is 11.3. The molecule has 0 aliphatic carbocycles. The van der Waals surface area contributed by atoms with Crippen molar-refractivity contribution < 1.29 is 3.50 Å². The monoisotopic (exact) mass is 558 g/mol. The van der Waals surface area contributed by atoms with Crippen molar-refractivity contribution in [2.45, 2.75) is 115 Å². The SMILES string of the molecule is CCCCCCCCCCCCCCCCC[CH2][Ge]([F])([N](C)c1ccccc1)[N](C)c1ccccc1. The molecule has 0 heterocycles. The van der Waals surface area contributed by atoms with Crippen LogP contribution in [0.2, 0.25) is 5.25 Å². The van der Waals surface area contributed by atoms with Crippen LogP contribution in [0.4, 0.5) is 14.9 Å². The molecule has 4 heteroatoms. The van der Waals surface area contributed by atoms with Gasteiger partial charge in [-0.15, -0.1) is 0 Å². The Hall–Kier alpha value is -1.49. The molecule has 36 heavy (non-hydrogen) atoms. The molecule has 0 unspecified atom stereocenters. The van der Waals surface area contributed by atoms with Gasteiger partial charge in [0, 0.05) is 0 Å². The van der Waals surface area contributed by atoms with Gasteiger partial charge in [0.2, 0.25) is 0 Å². The van der Waals surface area contributed by atoms with E-state index in [1.54, 1.807) is 0 Å². The fourth-order valence-electron chi connectivity index (χ4n) is 5.16. The van der Waals surface area contributed by atoms with Gasteiger partial charge < -0.3 is 0 Å². The minimum absolute atomic E-state index is 0.676. The first-order valence-electron chi connectivity index (χ1n) is 14.9. The number of anilines is 2. The second-order valence-corrected chi connectivity index (χ2v) is 17.4. The predicted octanol–water partition coefficient (Wildman–Crippen LogP) is 10.4. The third-order valence-corrected chi connectivity index (χ3v) is 15.1. The Bertz CT molecular complexity index is 725. The van der Waals surface area contributed by atoms with Gasteiger partial charge in [-0.1, -0.05) is 39.0 Å². The van der Waals surface area contributed by atoms with E-state index in [0.717, 1.165) is 24.2 Å². The molecule has 0 aliphatic heterocycles. The van der Waals surface area contributed by atoms with Gasteiger partial charge in [-0.2, -0.15) is 0 Å². The van der Waals surface area contributed by atoms with Crippen molar-refractivity contribution in [3.05, 3.63) is 60.7 Å². The number of hydrogen-bond donors (Lipinski definition) is 0. The maximum atomic E-state index is 16.9. The number of halogens is 1.